The molecule has 3 heteroatoms. The lowest BCUT2D eigenvalue weighted by Gasteiger charge is -2.46. The second kappa shape index (κ2) is 5.38. The highest BCUT2D eigenvalue weighted by molar-refractivity contribution is 5.23. The van der Waals surface area contributed by atoms with Crippen LogP contribution in [0.3, 0.4) is 0 Å². The highest BCUT2D eigenvalue weighted by atomic mass is 16.5. The lowest BCUT2D eigenvalue weighted by Crippen LogP contribution is -2.61. The van der Waals surface area contributed by atoms with Crippen LogP contribution in [-0.2, 0) is 11.3 Å². The highest BCUT2D eigenvalue weighted by Gasteiger charge is 2.58. The van der Waals surface area contributed by atoms with E-state index in [1.807, 2.05) is 0 Å². The molecule has 1 heterocycles. The predicted octanol–water partition coefficient (Wildman–Crippen LogP) is 3.10. The van der Waals surface area contributed by atoms with Crippen molar-refractivity contribution in [1.29, 1.82) is 0 Å². The molecule has 0 bridgehead atoms. The third-order valence-electron chi connectivity index (χ3n) is 4.94. The molecule has 3 nitrogen and oxygen atoms in total. The summed E-state index contributed by atoms with van der Waals surface area (Å²) in [5.41, 5.74) is 8.32. The fourth-order valence-electron chi connectivity index (χ4n) is 4.04. The first-order valence-corrected chi connectivity index (χ1v) is 7.79. The average Bonchev–Trinajstić information content (AvgIpc) is 2.54. The molecule has 1 aliphatic rings. The molecule has 1 saturated heterocycles. The van der Waals surface area contributed by atoms with Crippen LogP contribution in [0.4, 0.5) is 0 Å². The molecule has 1 aliphatic heterocycles. The fourth-order valence-corrected chi connectivity index (χ4v) is 4.04. The minimum absolute atomic E-state index is 0.135. The Bertz CT molecular complexity index is 510. The Hall–Kier alpha value is -0.900. The zero-order valence-corrected chi connectivity index (χ0v) is 14.4. The van der Waals surface area contributed by atoms with Gasteiger partial charge in [0.2, 0.25) is 0 Å². The average molecular weight is 290 g/mol. The van der Waals surface area contributed by atoms with Crippen LogP contribution in [0, 0.1) is 6.92 Å². The van der Waals surface area contributed by atoms with E-state index in [1.165, 1.54) is 11.1 Å². The molecule has 0 aromatic heterocycles. The molecule has 1 unspecified atom stereocenters. The van der Waals surface area contributed by atoms with Crippen LogP contribution in [-0.4, -0.2) is 35.2 Å². The minimum Gasteiger partial charge on any atom is -0.368 e. The summed E-state index contributed by atoms with van der Waals surface area (Å²) in [5.74, 6) is 0. The second-order valence-corrected chi connectivity index (χ2v) is 7.63. The summed E-state index contributed by atoms with van der Waals surface area (Å²) >= 11 is 0. The molecule has 1 atom stereocenters. The quantitative estimate of drug-likeness (QED) is 0.926. The van der Waals surface area contributed by atoms with Crippen LogP contribution < -0.4 is 5.73 Å². The summed E-state index contributed by atoms with van der Waals surface area (Å²) in [6.45, 7) is 12.3. The first-order valence-electron chi connectivity index (χ1n) is 7.79. The smallest absolute Gasteiger partial charge is 0.0830 e. The number of rotatable bonds is 4. The van der Waals surface area contributed by atoms with Gasteiger partial charge in [0, 0.05) is 13.1 Å². The van der Waals surface area contributed by atoms with Gasteiger partial charge in [-0.2, -0.15) is 0 Å². The van der Waals surface area contributed by atoms with Crippen molar-refractivity contribution in [3.8, 4) is 0 Å². The normalized spacial score (nSPS) is 27.2. The Morgan fingerprint density at radius 1 is 1.24 bits per heavy atom. The van der Waals surface area contributed by atoms with E-state index >= 15 is 0 Å². The Morgan fingerprint density at radius 2 is 1.90 bits per heavy atom. The number of nitrogens with two attached hydrogens (primary N) is 1. The third kappa shape index (κ3) is 3.01. The van der Waals surface area contributed by atoms with Gasteiger partial charge < -0.3 is 10.5 Å². The van der Waals surface area contributed by atoms with Gasteiger partial charge in [-0.15, -0.1) is 0 Å². The zero-order valence-electron chi connectivity index (χ0n) is 14.4. The Balaban J connectivity index is 2.28. The number of benzene rings is 1. The molecule has 21 heavy (non-hydrogen) atoms. The molecule has 0 spiro atoms. The van der Waals surface area contributed by atoms with Crippen molar-refractivity contribution in [1.82, 2.24) is 4.90 Å². The molecule has 0 aliphatic carbocycles. The molecule has 1 aromatic carbocycles. The van der Waals surface area contributed by atoms with Gasteiger partial charge in [-0.25, -0.2) is 0 Å². The van der Waals surface area contributed by atoms with Gasteiger partial charge in [0.05, 0.1) is 16.7 Å². The third-order valence-corrected chi connectivity index (χ3v) is 4.94. The number of likely N-dealkylation sites (N-methyl/N-ethyl adjacent to an activating group) is 1. The van der Waals surface area contributed by atoms with Gasteiger partial charge >= 0.3 is 0 Å². The molecular formula is C18H30N2O. The van der Waals surface area contributed by atoms with Crippen LogP contribution in [0.1, 0.15) is 45.2 Å². The van der Waals surface area contributed by atoms with E-state index in [-0.39, 0.29) is 16.7 Å². The van der Waals surface area contributed by atoms with Crippen molar-refractivity contribution in [3.63, 3.8) is 0 Å². The second-order valence-electron chi connectivity index (χ2n) is 7.63. The maximum atomic E-state index is 6.30. The lowest BCUT2D eigenvalue weighted by atomic mass is 9.77. The summed E-state index contributed by atoms with van der Waals surface area (Å²) in [6.07, 6.45) is 0.950. The van der Waals surface area contributed by atoms with Crippen LogP contribution in [0.5, 0.6) is 0 Å². The molecule has 2 rings (SSSR count). The summed E-state index contributed by atoms with van der Waals surface area (Å²) in [4.78, 5) is 2.39. The van der Waals surface area contributed by atoms with Crippen LogP contribution in [0.25, 0.3) is 0 Å². The largest absolute Gasteiger partial charge is 0.368 e. The number of hydrogen-bond donors (Lipinski definition) is 1. The maximum Gasteiger partial charge on any atom is 0.0830 e. The Labute approximate surface area is 129 Å². The van der Waals surface area contributed by atoms with Gasteiger partial charge in [-0.05, 0) is 53.7 Å². The van der Waals surface area contributed by atoms with Gasteiger partial charge in [-0.1, -0.05) is 29.8 Å². The van der Waals surface area contributed by atoms with Gasteiger partial charge in [0.25, 0.3) is 0 Å². The van der Waals surface area contributed by atoms with Crippen molar-refractivity contribution >= 4 is 0 Å². The molecule has 0 amide bonds. The number of aryl methyl sites for hydroxylation is 1. The molecule has 1 aromatic rings. The van der Waals surface area contributed by atoms with Crippen LogP contribution in [0.2, 0.25) is 0 Å². The molecule has 1 fully saturated rings. The van der Waals surface area contributed by atoms with Crippen LogP contribution >= 0.6 is 0 Å². The summed E-state index contributed by atoms with van der Waals surface area (Å²) < 4.78 is 6.30. The predicted molar refractivity (Wildman–Crippen MR) is 88.3 cm³/mol. The SMILES string of the molecule is Cc1cccc(CN(C)C2(CN)CC(C)(C)OC2(C)C)c1. The van der Waals surface area contributed by atoms with Gasteiger partial charge in [0.15, 0.2) is 0 Å². The number of nitrogens with zero attached hydrogens (tertiary/aromatic N) is 1. The van der Waals surface area contributed by atoms with Gasteiger partial charge in [0.1, 0.15) is 0 Å². The minimum atomic E-state index is -0.260. The van der Waals surface area contributed by atoms with E-state index in [0.29, 0.717) is 6.54 Å². The summed E-state index contributed by atoms with van der Waals surface area (Å²) in [5, 5.41) is 0. The van der Waals surface area contributed by atoms with E-state index < -0.39 is 0 Å². The molecule has 2 N–H and O–H groups in total. The summed E-state index contributed by atoms with van der Waals surface area (Å²) in [7, 11) is 2.17. The van der Waals surface area contributed by atoms with E-state index in [2.05, 4.69) is 70.8 Å². The fraction of sp³-hybridized carbons (Fsp3) is 0.667. The molecule has 0 radical (unpaired) electrons. The Kier molecular flexibility index (Phi) is 4.22. The van der Waals surface area contributed by atoms with Crippen molar-refractivity contribution in [2.75, 3.05) is 13.6 Å². The van der Waals surface area contributed by atoms with Crippen molar-refractivity contribution in [2.45, 2.75) is 64.3 Å². The van der Waals surface area contributed by atoms with Crippen LogP contribution in [0.15, 0.2) is 24.3 Å². The summed E-state index contributed by atoms with van der Waals surface area (Å²) in [6, 6.07) is 8.68. The molecule has 118 valence electrons. The topological polar surface area (TPSA) is 38.5 Å². The van der Waals surface area contributed by atoms with Crippen molar-refractivity contribution in [3.05, 3.63) is 35.4 Å². The first kappa shape index (κ1) is 16.5. The Morgan fingerprint density at radius 3 is 2.38 bits per heavy atom. The monoisotopic (exact) mass is 290 g/mol. The van der Waals surface area contributed by atoms with E-state index in [0.717, 1.165) is 13.0 Å². The first-order chi connectivity index (χ1) is 9.62. The zero-order chi connectivity index (χ0) is 15.9. The van der Waals surface area contributed by atoms with Gasteiger partial charge in [-0.3, -0.25) is 4.90 Å². The molecular weight excluding hydrogens is 260 g/mol. The maximum absolute atomic E-state index is 6.30. The number of ether oxygens (including phenoxy) is 1. The molecule has 0 saturated carbocycles. The lowest BCUT2D eigenvalue weighted by molar-refractivity contribution is -0.101. The van der Waals surface area contributed by atoms with Crippen molar-refractivity contribution in [2.24, 2.45) is 5.73 Å². The van der Waals surface area contributed by atoms with E-state index in [4.69, 9.17) is 10.5 Å². The van der Waals surface area contributed by atoms with Crippen molar-refractivity contribution < 1.29 is 4.74 Å². The highest BCUT2D eigenvalue weighted by Crippen LogP contribution is 2.47. The standard InChI is InChI=1S/C18H30N2O/c1-14-8-7-9-15(10-14)11-20(6)18(13-19)12-16(2,3)21-17(18,4)5/h7-10H,11-13,19H2,1-6H3. The van der Waals surface area contributed by atoms with E-state index in [9.17, 15) is 0 Å². The van der Waals surface area contributed by atoms with E-state index in [1.54, 1.807) is 0 Å². The number of hydrogen-bond acceptors (Lipinski definition) is 3.